The van der Waals surface area contributed by atoms with Crippen molar-refractivity contribution in [2.24, 2.45) is 0 Å². The topological polar surface area (TPSA) is 90.0 Å². The van der Waals surface area contributed by atoms with Crippen molar-refractivity contribution in [3.63, 3.8) is 0 Å². The number of nitrogens with zero attached hydrogens (tertiary/aromatic N) is 3. The molecule has 3 aromatic heterocycles. The Morgan fingerprint density at radius 3 is 2.79 bits per heavy atom. The normalized spacial score (nSPS) is 11.0. The zero-order valence-electron chi connectivity index (χ0n) is 12.7. The Morgan fingerprint density at radius 2 is 2.04 bits per heavy atom. The molecule has 7 heteroatoms. The van der Waals surface area contributed by atoms with Gasteiger partial charge in [0.25, 0.3) is 0 Å². The quantitative estimate of drug-likeness (QED) is 0.585. The van der Waals surface area contributed by atoms with Gasteiger partial charge in [0.1, 0.15) is 11.8 Å². The molecule has 1 aromatic carbocycles. The van der Waals surface area contributed by atoms with Crippen LogP contribution in [0.4, 0.5) is 0 Å². The predicted molar refractivity (Wildman–Crippen MR) is 89.2 cm³/mol. The Balaban J connectivity index is 2.02. The number of furan rings is 1. The SMILES string of the molecule is Cc1cc(-c2ccccc2)nc2oc3c(=O)n(NC=O)cnc3c12. The van der Waals surface area contributed by atoms with Crippen LogP contribution in [0.3, 0.4) is 0 Å². The molecule has 0 atom stereocenters. The first-order valence-electron chi connectivity index (χ1n) is 7.26. The van der Waals surface area contributed by atoms with Gasteiger partial charge in [-0.15, -0.1) is 0 Å². The number of rotatable bonds is 3. The van der Waals surface area contributed by atoms with Gasteiger partial charge in [0, 0.05) is 5.56 Å². The van der Waals surface area contributed by atoms with Gasteiger partial charge in [-0.3, -0.25) is 15.0 Å². The average molecular weight is 320 g/mol. The van der Waals surface area contributed by atoms with E-state index >= 15 is 0 Å². The van der Waals surface area contributed by atoms with E-state index in [1.54, 1.807) is 0 Å². The zero-order chi connectivity index (χ0) is 16.7. The molecule has 0 unspecified atom stereocenters. The summed E-state index contributed by atoms with van der Waals surface area (Å²) >= 11 is 0. The van der Waals surface area contributed by atoms with Gasteiger partial charge >= 0.3 is 5.56 Å². The molecule has 0 aliphatic rings. The number of pyridine rings is 1. The Morgan fingerprint density at radius 1 is 1.25 bits per heavy atom. The number of fused-ring (bicyclic) bond motifs is 3. The van der Waals surface area contributed by atoms with E-state index in [0.29, 0.717) is 23.0 Å². The van der Waals surface area contributed by atoms with Gasteiger partial charge in [-0.05, 0) is 18.6 Å². The zero-order valence-corrected chi connectivity index (χ0v) is 12.7. The van der Waals surface area contributed by atoms with Crippen LogP contribution < -0.4 is 11.0 Å². The molecular weight excluding hydrogens is 308 g/mol. The molecular formula is C17H12N4O3. The summed E-state index contributed by atoms with van der Waals surface area (Å²) in [7, 11) is 0. The Kier molecular flexibility index (Phi) is 3.13. The van der Waals surface area contributed by atoms with Crippen molar-refractivity contribution in [1.82, 2.24) is 14.6 Å². The second-order valence-electron chi connectivity index (χ2n) is 5.32. The number of aromatic nitrogens is 3. The molecule has 24 heavy (non-hydrogen) atoms. The van der Waals surface area contributed by atoms with Gasteiger partial charge in [0.15, 0.2) is 0 Å². The minimum absolute atomic E-state index is 0.0580. The molecule has 0 saturated heterocycles. The summed E-state index contributed by atoms with van der Waals surface area (Å²) in [4.78, 5) is 31.6. The predicted octanol–water partition coefficient (Wildman–Crippen LogP) is 2.21. The van der Waals surface area contributed by atoms with Crippen LogP contribution in [0.5, 0.6) is 0 Å². The van der Waals surface area contributed by atoms with Crippen molar-refractivity contribution in [3.8, 4) is 11.3 Å². The largest absolute Gasteiger partial charge is 0.430 e. The lowest BCUT2D eigenvalue weighted by Gasteiger charge is -2.03. The highest BCUT2D eigenvalue weighted by Gasteiger charge is 2.17. The average Bonchev–Trinajstić information content (AvgIpc) is 2.98. The van der Waals surface area contributed by atoms with E-state index in [9.17, 15) is 9.59 Å². The van der Waals surface area contributed by atoms with Gasteiger partial charge < -0.3 is 4.42 Å². The fraction of sp³-hybridized carbons (Fsp3) is 0.0588. The first-order valence-corrected chi connectivity index (χ1v) is 7.26. The molecule has 7 nitrogen and oxygen atoms in total. The second kappa shape index (κ2) is 5.31. The minimum atomic E-state index is -0.495. The van der Waals surface area contributed by atoms with Crippen LogP contribution in [0.25, 0.3) is 33.5 Å². The standard InChI is InChI=1S/C17H12N4O3/c1-10-7-12(11-5-3-2-4-6-11)20-16-13(10)14-15(24-16)17(23)21(8-18-14)19-9-22/h2-9H,1H3,(H,19,22). The van der Waals surface area contributed by atoms with E-state index in [1.165, 1.54) is 6.33 Å². The number of benzene rings is 1. The van der Waals surface area contributed by atoms with E-state index in [2.05, 4.69) is 15.4 Å². The molecule has 0 fully saturated rings. The third-order valence-corrected chi connectivity index (χ3v) is 3.81. The monoisotopic (exact) mass is 320 g/mol. The maximum absolute atomic E-state index is 12.3. The molecule has 0 spiro atoms. The minimum Gasteiger partial charge on any atom is -0.430 e. The molecule has 0 saturated carbocycles. The number of carbonyl (C=O) groups excluding carboxylic acids is 1. The Labute approximate surface area is 135 Å². The van der Waals surface area contributed by atoms with Crippen molar-refractivity contribution in [2.45, 2.75) is 6.92 Å². The summed E-state index contributed by atoms with van der Waals surface area (Å²) in [5.74, 6) is 0. The summed E-state index contributed by atoms with van der Waals surface area (Å²) in [6.07, 6.45) is 1.65. The highest BCUT2D eigenvalue weighted by atomic mass is 16.3. The number of carbonyl (C=O) groups is 1. The summed E-state index contributed by atoms with van der Waals surface area (Å²) in [5, 5.41) is 0.694. The molecule has 4 rings (SSSR count). The van der Waals surface area contributed by atoms with Gasteiger partial charge in [0.2, 0.25) is 17.7 Å². The van der Waals surface area contributed by atoms with Crippen LogP contribution in [-0.2, 0) is 4.79 Å². The smallest absolute Gasteiger partial charge is 0.315 e. The van der Waals surface area contributed by atoms with Gasteiger partial charge in [-0.2, -0.15) is 0 Å². The second-order valence-corrected chi connectivity index (χ2v) is 5.32. The van der Waals surface area contributed by atoms with E-state index in [4.69, 9.17) is 4.42 Å². The van der Waals surface area contributed by atoms with E-state index in [1.807, 2.05) is 43.3 Å². The highest BCUT2D eigenvalue weighted by Crippen LogP contribution is 2.30. The van der Waals surface area contributed by atoms with Gasteiger partial charge in [-0.25, -0.2) is 14.6 Å². The Hall–Kier alpha value is -3.48. The van der Waals surface area contributed by atoms with Crippen LogP contribution in [-0.4, -0.2) is 21.1 Å². The summed E-state index contributed by atoms with van der Waals surface area (Å²) in [6, 6.07) is 11.6. The van der Waals surface area contributed by atoms with E-state index < -0.39 is 5.56 Å². The lowest BCUT2D eigenvalue weighted by atomic mass is 10.1. The van der Waals surface area contributed by atoms with Gasteiger partial charge in [-0.1, -0.05) is 30.3 Å². The lowest BCUT2D eigenvalue weighted by Crippen LogP contribution is -2.27. The fourth-order valence-electron chi connectivity index (χ4n) is 2.71. The van der Waals surface area contributed by atoms with Gasteiger partial charge in [0.05, 0.1) is 11.1 Å². The maximum atomic E-state index is 12.3. The maximum Gasteiger partial charge on any atom is 0.315 e. The summed E-state index contributed by atoms with van der Waals surface area (Å²) in [5.41, 5.74) is 5.20. The van der Waals surface area contributed by atoms with Crippen LogP contribution >= 0.6 is 0 Å². The summed E-state index contributed by atoms with van der Waals surface area (Å²) < 4.78 is 6.61. The van der Waals surface area contributed by atoms with E-state index in [-0.39, 0.29) is 5.58 Å². The first-order chi connectivity index (χ1) is 11.7. The molecule has 118 valence electrons. The molecule has 4 aromatic rings. The summed E-state index contributed by atoms with van der Waals surface area (Å²) in [6.45, 7) is 1.92. The van der Waals surface area contributed by atoms with Crippen molar-refractivity contribution < 1.29 is 9.21 Å². The molecule has 3 heterocycles. The van der Waals surface area contributed by atoms with Crippen LogP contribution in [0.1, 0.15) is 5.56 Å². The number of amides is 1. The Bertz CT molecular complexity index is 1130. The lowest BCUT2D eigenvalue weighted by molar-refractivity contribution is -0.106. The fourth-order valence-corrected chi connectivity index (χ4v) is 2.71. The molecule has 1 amide bonds. The van der Waals surface area contributed by atoms with E-state index in [0.717, 1.165) is 21.5 Å². The molecule has 1 N–H and O–H groups in total. The van der Waals surface area contributed by atoms with Crippen LogP contribution in [0.2, 0.25) is 0 Å². The van der Waals surface area contributed by atoms with Crippen molar-refractivity contribution in [3.05, 3.63) is 58.6 Å². The highest BCUT2D eigenvalue weighted by molar-refractivity contribution is 6.03. The molecule has 0 aliphatic carbocycles. The van der Waals surface area contributed by atoms with Crippen LogP contribution in [0, 0.1) is 6.92 Å². The number of aryl methyl sites for hydroxylation is 1. The van der Waals surface area contributed by atoms with Crippen molar-refractivity contribution in [2.75, 3.05) is 5.43 Å². The van der Waals surface area contributed by atoms with Crippen LogP contribution in [0.15, 0.2) is 51.9 Å². The number of hydrogen-bond donors (Lipinski definition) is 1. The molecule has 0 aliphatic heterocycles. The third kappa shape index (κ3) is 2.06. The molecule has 0 radical (unpaired) electrons. The van der Waals surface area contributed by atoms with Crippen molar-refractivity contribution >= 4 is 28.6 Å². The molecule has 0 bridgehead atoms. The third-order valence-electron chi connectivity index (χ3n) is 3.81. The number of nitrogens with one attached hydrogen (secondary N) is 1. The number of hydrogen-bond acceptors (Lipinski definition) is 5. The van der Waals surface area contributed by atoms with Crippen molar-refractivity contribution in [1.29, 1.82) is 0 Å². The first kappa shape index (κ1) is 14.1.